The Bertz CT molecular complexity index is 2010. The van der Waals surface area contributed by atoms with E-state index in [0.717, 1.165) is 28.0 Å². The average Bonchev–Trinajstić information content (AvgIpc) is 3.42. The third kappa shape index (κ3) is 6.92. The number of hydroxylamine groups is 1. The lowest BCUT2D eigenvalue weighted by molar-refractivity contribution is 0.114. The lowest BCUT2D eigenvalue weighted by atomic mass is 10.1. The molecule has 0 bridgehead atoms. The van der Waals surface area contributed by atoms with Crippen LogP contribution in [0.2, 0.25) is 0 Å². The lowest BCUT2D eigenvalue weighted by Gasteiger charge is -2.18. The Kier molecular flexibility index (Phi) is 10.4. The van der Waals surface area contributed by atoms with Crippen LogP contribution in [-0.4, -0.2) is 66.6 Å². The molecule has 2 amide bonds. The molecule has 15 heteroatoms. The number of amides is 2. The van der Waals surface area contributed by atoms with Crippen molar-refractivity contribution >= 4 is 33.3 Å². The molecule has 0 saturated carbocycles. The Morgan fingerprint density at radius 1 is 1.00 bits per heavy atom. The summed E-state index contributed by atoms with van der Waals surface area (Å²) in [6.45, 7) is 0.701. The van der Waals surface area contributed by atoms with Crippen molar-refractivity contribution in [1.82, 2.24) is 24.5 Å². The van der Waals surface area contributed by atoms with E-state index in [9.17, 15) is 23.2 Å². The largest absolute Gasteiger partial charge is 0.493 e. The van der Waals surface area contributed by atoms with Gasteiger partial charge in [0.2, 0.25) is 0 Å². The zero-order chi connectivity index (χ0) is 33.7. The summed E-state index contributed by atoms with van der Waals surface area (Å²) in [4.78, 5) is 52.4. The van der Waals surface area contributed by atoms with Crippen LogP contribution in [0.5, 0.6) is 5.75 Å². The molecule has 0 aliphatic rings. The molecule has 3 heterocycles. The first-order valence-electron chi connectivity index (χ1n) is 14.3. The molecule has 0 aliphatic carbocycles. The quantitative estimate of drug-likeness (QED) is 0.188. The summed E-state index contributed by atoms with van der Waals surface area (Å²) in [5, 5.41) is 2.82. The number of halogens is 2. The van der Waals surface area contributed by atoms with Crippen molar-refractivity contribution in [2.45, 2.75) is 13.1 Å². The second kappa shape index (κ2) is 14.6. The molecule has 3 aromatic heterocycles. The highest BCUT2D eigenvalue weighted by molar-refractivity contribution is 7.22. The predicted molar refractivity (Wildman–Crippen MR) is 174 cm³/mol. The summed E-state index contributed by atoms with van der Waals surface area (Å²) in [7, 11) is 6.14. The number of benzene rings is 2. The smallest absolute Gasteiger partial charge is 0.343 e. The molecule has 47 heavy (non-hydrogen) atoms. The maximum Gasteiger partial charge on any atom is 0.343 e. The molecule has 5 rings (SSSR count). The van der Waals surface area contributed by atoms with Gasteiger partial charge in [0.1, 0.15) is 16.5 Å². The number of fused-ring (bicyclic) bond motifs is 1. The number of aromatic nitrogens is 3. The third-order valence-electron chi connectivity index (χ3n) is 7.34. The number of carbonyl (C=O) groups is 1. The highest BCUT2D eigenvalue weighted by Gasteiger charge is 2.27. The van der Waals surface area contributed by atoms with E-state index in [-0.39, 0.29) is 33.9 Å². The van der Waals surface area contributed by atoms with Crippen molar-refractivity contribution in [3.8, 4) is 22.0 Å². The summed E-state index contributed by atoms with van der Waals surface area (Å²) in [6.07, 6.45) is 1.41. The Morgan fingerprint density at radius 3 is 2.38 bits per heavy atom. The van der Waals surface area contributed by atoms with Gasteiger partial charge >= 0.3 is 11.7 Å². The molecule has 0 unspecified atom stereocenters. The van der Waals surface area contributed by atoms with E-state index in [1.807, 2.05) is 11.9 Å². The lowest BCUT2D eigenvalue weighted by Crippen LogP contribution is -2.40. The van der Waals surface area contributed by atoms with Crippen molar-refractivity contribution in [2.24, 2.45) is 0 Å². The SMILES string of the molecule is COCCN(C)Cc1c(-c2ccc(NC(=O)NOC)cc2)sc2c1c(=O)n(-c1ncccc1OC)c(=O)n2Cc1c(F)cccc1F. The Balaban J connectivity index is 1.81. The first-order valence-corrected chi connectivity index (χ1v) is 15.1. The number of carbonyl (C=O) groups excluding carboxylic acids is 1. The minimum atomic E-state index is -0.849. The first kappa shape index (κ1) is 33.4. The molecule has 0 fully saturated rings. The van der Waals surface area contributed by atoms with Crippen LogP contribution in [0, 0.1) is 11.6 Å². The second-order valence-corrected chi connectivity index (χ2v) is 11.4. The molecule has 2 aromatic carbocycles. The zero-order valence-corrected chi connectivity index (χ0v) is 26.8. The standard InChI is InChI=1S/C32H32F2N6O6S/c1-38(15-16-44-2)17-22-26-29(41)40(28-25(45-3)9-6-14-35-28)32(43)39(18-21-23(33)7-5-8-24(21)34)30(26)47-27(22)19-10-12-20(13-11-19)36-31(42)37-46-4/h5-14H,15-18H2,1-4H3,(H2,36,37,42). The van der Waals surface area contributed by atoms with E-state index < -0.39 is 35.5 Å². The zero-order valence-electron chi connectivity index (χ0n) is 26.0. The average molecular weight is 667 g/mol. The van der Waals surface area contributed by atoms with Gasteiger partial charge in [0.25, 0.3) is 5.56 Å². The van der Waals surface area contributed by atoms with E-state index >= 15 is 0 Å². The number of nitrogens with one attached hydrogen (secondary N) is 2. The molecule has 0 radical (unpaired) electrons. The summed E-state index contributed by atoms with van der Waals surface area (Å²) in [5.41, 5.74) is 2.05. The van der Waals surface area contributed by atoms with Gasteiger partial charge in [0, 0.05) is 42.5 Å². The van der Waals surface area contributed by atoms with Crippen LogP contribution < -0.4 is 26.8 Å². The monoisotopic (exact) mass is 666 g/mol. The molecule has 246 valence electrons. The highest BCUT2D eigenvalue weighted by Crippen LogP contribution is 2.38. The number of hydrogen-bond donors (Lipinski definition) is 2. The summed E-state index contributed by atoms with van der Waals surface area (Å²) in [6, 6.07) is 12.9. The van der Waals surface area contributed by atoms with Crippen molar-refractivity contribution in [1.29, 1.82) is 0 Å². The molecular weight excluding hydrogens is 634 g/mol. The number of likely N-dealkylation sites (N-methyl/N-ethyl adjacent to an activating group) is 1. The molecule has 12 nitrogen and oxygen atoms in total. The maximum atomic E-state index is 15.0. The van der Waals surface area contributed by atoms with Crippen LogP contribution in [0.25, 0.3) is 26.5 Å². The number of nitrogens with zero attached hydrogens (tertiary/aromatic N) is 4. The summed E-state index contributed by atoms with van der Waals surface area (Å²) in [5.74, 6) is -1.58. The van der Waals surface area contributed by atoms with Crippen LogP contribution in [0.1, 0.15) is 11.1 Å². The van der Waals surface area contributed by atoms with Crippen LogP contribution >= 0.6 is 11.3 Å². The summed E-state index contributed by atoms with van der Waals surface area (Å²) >= 11 is 1.15. The van der Waals surface area contributed by atoms with Gasteiger partial charge < -0.3 is 14.8 Å². The molecule has 0 spiro atoms. The van der Waals surface area contributed by atoms with Gasteiger partial charge in [0.05, 0.1) is 32.8 Å². The first-order chi connectivity index (χ1) is 22.7. The molecular formula is C32H32F2N6O6S. The van der Waals surface area contributed by atoms with Crippen LogP contribution in [0.3, 0.4) is 0 Å². The number of thiophene rings is 1. The fourth-order valence-corrected chi connectivity index (χ4v) is 6.38. The molecule has 2 N–H and O–H groups in total. The van der Waals surface area contributed by atoms with E-state index in [0.29, 0.717) is 34.8 Å². The van der Waals surface area contributed by atoms with Gasteiger partial charge in [-0.25, -0.2) is 33.4 Å². The third-order valence-corrected chi connectivity index (χ3v) is 8.64. The Labute approximate surface area is 271 Å². The minimum absolute atomic E-state index is 0.0640. The van der Waals surface area contributed by atoms with E-state index in [1.54, 1.807) is 43.5 Å². The van der Waals surface area contributed by atoms with Crippen LogP contribution in [-0.2, 0) is 22.7 Å². The van der Waals surface area contributed by atoms with Gasteiger partial charge in [0.15, 0.2) is 11.6 Å². The van der Waals surface area contributed by atoms with Gasteiger partial charge in [-0.05, 0) is 54.6 Å². The fourth-order valence-electron chi connectivity index (χ4n) is 5.08. The number of ether oxygens (including phenoxy) is 2. The number of methoxy groups -OCH3 is 2. The van der Waals surface area contributed by atoms with Crippen molar-refractivity contribution in [3.63, 3.8) is 0 Å². The Morgan fingerprint density at radius 2 is 1.72 bits per heavy atom. The predicted octanol–water partition coefficient (Wildman–Crippen LogP) is 4.37. The maximum absolute atomic E-state index is 15.0. The van der Waals surface area contributed by atoms with Crippen LogP contribution in [0.15, 0.2) is 70.4 Å². The van der Waals surface area contributed by atoms with E-state index in [4.69, 9.17) is 9.47 Å². The molecule has 5 aromatic rings. The van der Waals surface area contributed by atoms with E-state index in [1.165, 1.54) is 31.0 Å². The molecule has 0 aliphatic heterocycles. The van der Waals surface area contributed by atoms with Crippen molar-refractivity contribution in [2.75, 3.05) is 46.8 Å². The van der Waals surface area contributed by atoms with E-state index in [2.05, 4.69) is 20.6 Å². The number of anilines is 1. The fraction of sp³-hybridized carbons (Fsp3) is 0.250. The number of urea groups is 1. The van der Waals surface area contributed by atoms with Crippen LogP contribution in [0.4, 0.5) is 19.3 Å². The topological polar surface area (TPSA) is 129 Å². The van der Waals surface area contributed by atoms with Gasteiger partial charge in [-0.1, -0.05) is 18.2 Å². The number of hydrogen-bond acceptors (Lipinski definition) is 9. The number of pyridine rings is 1. The van der Waals surface area contributed by atoms with Crippen molar-refractivity contribution in [3.05, 3.63) is 104 Å². The molecule has 0 atom stereocenters. The van der Waals surface area contributed by atoms with Gasteiger partial charge in [-0.15, -0.1) is 11.3 Å². The van der Waals surface area contributed by atoms with Gasteiger partial charge in [-0.2, -0.15) is 0 Å². The summed E-state index contributed by atoms with van der Waals surface area (Å²) < 4.78 is 42.7. The number of rotatable bonds is 12. The minimum Gasteiger partial charge on any atom is -0.493 e. The Hall–Kier alpha value is -4.96. The van der Waals surface area contributed by atoms with Gasteiger partial charge in [-0.3, -0.25) is 19.1 Å². The second-order valence-electron chi connectivity index (χ2n) is 10.4. The molecule has 0 saturated heterocycles. The van der Waals surface area contributed by atoms with Crippen molar-refractivity contribution < 1.29 is 27.9 Å². The normalized spacial score (nSPS) is 11.3. The highest BCUT2D eigenvalue weighted by atomic mass is 32.1.